The first kappa shape index (κ1) is 16.7. The summed E-state index contributed by atoms with van der Waals surface area (Å²) in [6.07, 6.45) is 4.74. The summed E-state index contributed by atoms with van der Waals surface area (Å²) in [6, 6.07) is 28.2. The van der Waals surface area contributed by atoms with Crippen LogP contribution >= 0.6 is 11.3 Å². The average Bonchev–Trinajstić information content (AvgIpc) is 3.04. The predicted molar refractivity (Wildman–Crippen MR) is 117 cm³/mol. The average molecular weight is 431 g/mol. The fourth-order valence-electron chi connectivity index (χ4n) is 3.40. The second-order valence-corrected chi connectivity index (χ2v) is 9.88. The molecule has 27 heavy (non-hydrogen) atoms. The molecule has 0 atom stereocenters. The SMILES string of the molecule is C[n+]1c(/C=C2\C=C(c3ccccc3)[Se]c3ccccc32)sc2ccccc21. The molecule has 2 heterocycles. The first-order valence-corrected chi connectivity index (χ1v) is 11.5. The van der Waals surface area contributed by atoms with Gasteiger partial charge in [-0.1, -0.05) is 0 Å². The van der Waals surface area contributed by atoms with Gasteiger partial charge in [0.25, 0.3) is 0 Å². The molecule has 130 valence electrons. The molecule has 0 spiro atoms. The van der Waals surface area contributed by atoms with E-state index in [0.717, 1.165) is 0 Å². The molecule has 0 unspecified atom stereocenters. The maximum absolute atomic E-state index is 2.39. The summed E-state index contributed by atoms with van der Waals surface area (Å²) in [5.74, 6) is 0. The van der Waals surface area contributed by atoms with E-state index in [-0.39, 0.29) is 0 Å². The molecule has 0 radical (unpaired) electrons. The second-order valence-electron chi connectivity index (χ2n) is 6.54. The zero-order valence-electron chi connectivity index (χ0n) is 14.9. The Hall–Kier alpha value is -2.45. The van der Waals surface area contributed by atoms with Gasteiger partial charge in [-0.25, -0.2) is 0 Å². The normalized spacial score (nSPS) is 15.0. The summed E-state index contributed by atoms with van der Waals surface area (Å²) in [4.78, 5) is 0. The van der Waals surface area contributed by atoms with E-state index in [2.05, 4.69) is 103 Å². The van der Waals surface area contributed by atoms with Crippen LogP contribution in [-0.4, -0.2) is 15.0 Å². The molecule has 0 bridgehead atoms. The van der Waals surface area contributed by atoms with Gasteiger partial charge in [-0.2, -0.15) is 0 Å². The number of para-hydroxylation sites is 1. The van der Waals surface area contributed by atoms with Crippen LogP contribution < -0.4 is 9.03 Å². The van der Waals surface area contributed by atoms with Crippen LogP contribution in [0.4, 0.5) is 0 Å². The van der Waals surface area contributed by atoms with Gasteiger partial charge in [0, 0.05) is 0 Å². The standard InChI is InChI=1S/C24H18NSSe/c1-25-20-12-6-7-13-21(20)26-24(25)16-18-15-23(17-9-3-2-4-10-17)27-22-14-8-5-11-19(18)22/h2-16H,1H3/q+1/b18-16+. The molecule has 1 aliphatic rings. The first-order valence-electron chi connectivity index (χ1n) is 8.93. The van der Waals surface area contributed by atoms with E-state index in [1.165, 1.54) is 40.9 Å². The number of allylic oxidation sites excluding steroid dienone is 2. The summed E-state index contributed by atoms with van der Waals surface area (Å²) >= 11 is 2.18. The summed E-state index contributed by atoms with van der Waals surface area (Å²) in [5.41, 5.74) is 5.29. The van der Waals surface area contributed by atoms with Crippen LogP contribution in [0.3, 0.4) is 0 Å². The van der Waals surface area contributed by atoms with Crippen LogP contribution in [0.5, 0.6) is 0 Å². The quantitative estimate of drug-likeness (QED) is 0.321. The summed E-state index contributed by atoms with van der Waals surface area (Å²) < 4.78 is 6.52. The molecule has 1 aliphatic heterocycles. The predicted octanol–water partition coefficient (Wildman–Crippen LogP) is 4.65. The van der Waals surface area contributed by atoms with Crippen LogP contribution in [0.25, 0.3) is 26.3 Å². The van der Waals surface area contributed by atoms with Crippen molar-refractivity contribution in [3.63, 3.8) is 0 Å². The molecule has 1 nitrogen and oxygen atoms in total. The summed E-state index contributed by atoms with van der Waals surface area (Å²) in [7, 11) is 2.16. The van der Waals surface area contributed by atoms with Gasteiger partial charge in [-0.15, -0.1) is 0 Å². The molecule has 0 amide bonds. The van der Waals surface area contributed by atoms with E-state index in [0.29, 0.717) is 15.0 Å². The number of thiazole rings is 1. The van der Waals surface area contributed by atoms with Gasteiger partial charge in [0.05, 0.1) is 0 Å². The summed E-state index contributed by atoms with van der Waals surface area (Å²) in [5, 5.41) is 1.28. The minimum absolute atomic E-state index is 0.331. The number of hydrogen-bond acceptors (Lipinski definition) is 1. The Labute approximate surface area is 169 Å². The topological polar surface area (TPSA) is 3.88 Å². The van der Waals surface area contributed by atoms with Crippen molar-refractivity contribution >= 4 is 57.1 Å². The van der Waals surface area contributed by atoms with Crippen molar-refractivity contribution in [3.8, 4) is 0 Å². The number of rotatable bonds is 2. The molecule has 0 aliphatic carbocycles. The molecule has 4 aromatic rings. The Morgan fingerprint density at radius 1 is 0.852 bits per heavy atom. The van der Waals surface area contributed by atoms with Crippen molar-refractivity contribution in [3.05, 3.63) is 101 Å². The zero-order valence-corrected chi connectivity index (χ0v) is 17.5. The molecular formula is C24H18NSSe+. The monoisotopic (exact) mass is 432 g/mol. The van der Waals surface area contributed by atoms with E-state index in [1.54, 1.807) is 0 Å². The third-order valence-corrected chi connectivity index (χ3v) is 8.39. The molecule has 0 saturated carbocycles. The van der Waals surface area contributed by atoms with Gasteiger partial charge in [0.15, 0.2) is 0 Å². The van der Waals surface area contributed by atoms with Gasteiger partial charge in [0.1, 0.15) is 0 Å². The van der Waals surface area contributed by atoms with Crippen molar-refractivity contribution in [2.75, 3.05) is 0 Å². The third-order valence-electron chi connectivity index (χ3n) is 4.81. The Kier molecular flexibility index (Phi) is 4.29. The van der Waals surface area contributed by atoms with Gasteiger partial charge >= 0.3 is 170 Å². The van der Waals surface area contributed by atoms with E-state index in [1.807, 2.05) is 11.3 Å². The van der Waals surface area contributed by atoms with Crippen LogP contribution in [0.2, 0.25) is 0 Å². The number of fused-ring (bicyclic) bond motifs is 2. The molecule has 5 rings (SSSR count). The fraction of sp³-hybridized carbons (Fsp3) is 0.0417. The Morgan fingerprint density at radius 2 is 1.59 bits per heavy atom. The van der Waals surface area contributed by atoms with Crippen molar-refractivity contribution in [1.82, 2.24) is 0 Å². The number of hydrogen-bond donors (Lipinski definition) is 0. The molecule has 1 aromatic heterocycles. The van der Waals surface area contributed by atoms with E-state index in [9.17, 15) is 0 Å². The van der Waals surface area contributed by atoms with Gasteiger partial charge in [-0.05, 0) is 0 Å². The van der Waals surface area contributed by atoms with E-state index in [4.69, 9.17) is 0 Å². The number of aromatic nitrogens is 1. The number of aryl methyl sites for hydroxylation is 1. The van der Waals surface area contributed by atoms with Crippen LogP contribution in [0, 0.1) is 0 Å². The van der Waals surface area contributed by atoms with E-state index >= 15 is 0 Å². The third kappa shape index (κ3) is 3.08. The molecule has 3 heteroatoms. The van der Waals surface area contributed by atoms with Crippen molar-refractivity contribution in [2.24, 2.45) is 7.05 Å². The van der Waals surface area contributed by atoms with Gasteiger partial charge < -0.3 is 0 Å². The van der Waals surface area contributed by atoms with Crippen molar-refractivity contribution < 1.29 is 4.57 Å². The number of benzene rings is 3. The van der Waals surface area contributed by atoms with Crippen LogP contribution in [0.15, 0.2) is 84.9 Å². The zero-order chi connectivity index (χ0) is 18.2. The molecular weight excluding hydrogens is 413 g/mol. The molecule has 0 saturated heterocycles. The Morgan fingerprint density at radius 3 is 2.44 bits per heavy atom. The van der Waals surface area contributed by atoms with E-state index < -0.39 is 0 Å². The Bertz CT molecular complexity index is 1200. The minimum atomic E-state index is 0.331. The van der Waals surface area contributed by atoms with Crippen molar-refractivity contribution in [2.45, 2.75) is 0 Å². The summed E-state index contributed by atoms with van der Waals surface area (Å²) in [6.45, 7) is 0. The first-order chi connectivity index (χ1) is 13.3. The second kappa shape index (κ2) is 6.94. The molecule has 0 N–H and O–H groups in total. The maximum atomic E-state index is 2.39. The Balaban J connectivity index is 1.69. The van der Waals surface area contributed by atoms with Crippen LogP contribution in [-0.2, 0) is 7.05 Å². The van der Waals surface area contributed by atoms with Gasteiger partial charge in [0.2, 0.25) is 0 Å². The molecule has 3 aromatic carbocycles. The van der Waals surface area contributed by atoms with Crippen LogP contribution in [0.1, 0.15) is 16.1 Å². The van der Waals surface area contributed by atoms with Gasteiger partial charge in [-0.3, -0.25) is 0 Å². The number of nitrogens with zero attached hydrogens (tertiary/aromatic N) is 1. The molecule has 0 fully saturated rings. The van der Waals surface area contributed by atoms with Crippen molar-refractivity contribution in [1.29, 1.82) is 0 Å². The fourth-order valence-corrected chi connectivity index (χ4v) is 6.86.